The van der Waals surface area contributed by atoms with Crippen LogP contribution in [-0.4, -0.2) is 43.1 Å². The topological polar surface area (TPSA) is 70.7 Å². The normalized spacial score (nSPS) is 12.4. The Morgan fingerprint density at radius 3 is 2.30 bits per heavy atom. The summed E-state index contributed by atoms with van der Waals surface area (Å²) >= 11 is 0. The molecule has 0 aromatic heterocycles. The van der Waals surface area contributed by atoms with Gasteiger partial charge in [0.1, 0.15) is 5.60 Å². The molecule has 162 valence electrons. The number of carbonyl (C=O) groups is 2. The molecule has 6 heteroatoms. The number of benzene rings is 2. The van der Waals surface area contributed by atoms with E-state index in [1.165, 1.54) is 5.56 Å². The molecule has 2 amide bonds. The van der Waals surface area contributed by atoms with E-state index in [0.29, 0.717) is 17.8 Å². The van der Waals surface area contributed by atoms with E-state index in [9.17, 15) is 9.59 Å². The standard InChI is InChI=1S/C24H33N3O3/c1-7-17-11-13-18(14-12-17)21(27(5)6)16-25-22(28)19-9-8-10-20(15-19)26-23(29)30-24(2,3)4/h8-15,21H,7,16H2,1-6H3,(H,25,28)(H,26,29)/t21-/m1/s1. The molecule has 0 radical (unpaired) electrons. The SMILES string of the molecule is CCc1ccc([C@@H](CNC(=O)c2cccc(NC(=O)OC(C)(C)C)c2)N(C)C)cc1. The lowest BCUT2D eigenvalue weighted by molar-refractivity contribution is 0.0635. The minimum absolute atomic E-state index is 0.0583. The highest BCUT2D eigenvalue weighted by Gasteiger charge is 2.18. The maximum Gasteiger partial charge on any atom is 0.412 e. The van der Waals surface area contributed by atoms with Crippen LogP contribution in [-0.2, 0) is 11.2 Å². The second-order valence-electron chi connectivity index (χ2n) is 8.49. The number of rotatable bonds is 7. The van der Waals surface area contributed by atoms with Crippen molar-refractivity contribution in [3.8, 4) is 0 Å². The monoisotopic (exact) mass is 411 g/mol. The van der Waals surface area contributed by atoms with Gasteiger partial charge in [-0.05, 0) is 70.6 Å². The van der Waals surface area contributed by atoms with Crippen molar-refractivity contribution in [2.45, 2.75) is 45.8 Å². The fourth-order valence-electron chi connectivity index (χ4n) is 3.03. The molecule has 2 aromatic rings. The summed E-state index contributed by atoms with van der Waals surface area (Å²) in [5.74, 6) is -0.195. The number of hydrogen-bond donors (Lipinski definition) is 2. The summed E-state index contributed by atoms with van der Waals surface area (Å²) in [6.45, 7) is 8.00. The van der Waals surface area contributed by atoms with Crippen LogP contribution in [0.3, 0.4) is 0 Å². The van der Waals surface area contributed by atoms with Crippen LogP contribution in [0.5, 0.6) is 0 Å². The van der Waals surface area contributed by atoms with Gasteiger partial charge in [0.2, 0.25) is 0 Å². The molecule has 30 heavy (non-hydrogen) atoms. The second-order valence-corrected chi connectivity index (χ2v) is 8.49. The summed E-state index contributed by atoms with van der Waals surface area (Å²) in [6.07, 6.45) is 0.445. The molecule has 2 aromatic carbocycles. The first kappa shape index (κ1) is 23.4. The number of anilines is 1. The van der Waals surface area contributed by atoms with Crippen LogP contribution in [0.2, 0.25) is 0 Å². The van der Waals surface area contributed by atoms with Gasteiger partial charge in [-0.3, -0.25) is 10.1 Å². The van der Waals surface area contributed by atoms with Gasteiger partial charge in [0.25, 0.3) is 5.91 Å². The van der Waals surface area contributed by atoms with Crippen LogP contribution in [0.4, 0.5) is 10.5 Å². The van der Waals surface area contributed by atoms with Crippen LogP contribution in [0.1, 0.15) is 55.2 Å². The summed E-state index contributed by atoms with van der Waals surface area (Å²) in [6, 6.07) is 15.3. The molecule has 0 spiro atoms. The Bertz CT molecular complexity index is 855. The fourth-order valence-corrected chi connectivity index (χ4v) is 3.03. The zero-order valence-electron chi connectivity index (χ0n) is 18.8. The van der Waals surface area contributed by atoms with Gasteiger partial charge >= 0.3 is 6.09 Å². The Morgan fingerprint density at radius 2 is 1.73 bits per heavy atom. The van der Waals surface area contributed by atoms with Gasteiger partial charge in [0.15, 0.2) is 0 Å². The Kier molecular flexibility index (Phi) is 8.00. The van der Waals surface area contributed by atoms with E-state index in [4.69, 9.17) is 4.74 Å². The number of likely N-dealkylation sites (N-methyl/N-ethyl adjacent to an activating group) is 1. The molecule has 0 aliphatic rings. The first-order valence-corrected chi connectivity index (χ1v) is 10.2. The molecular weight excluding hydrogens is 378 g/mol. The molecule has 2 rings (SSSR count). The summed E-state index contributed by atoms with van der Waals surface area (Å²) in [4.78, 5) is 26.7. The lowest BCUT2D eigenvalue weighted by atomic mass is 10.0. The lowest BCUT2D eigenvalue weighted by Crippen LogP contribution is -2.34. The number of hydrogen-bond acceptors (Lipinski definition) is 4. The molecule has 0 unspecified atom stereocenters. The smallest absolute Gasteiger partial charge is 0.412 e. The van der Waals surface area contributed by atoms with Crippen LogP contribution < -0.4 is 10.6 Å². The van der Waals surface area contributed by atoms with Crippen molar-refractivity contribution in [1.82, 2.24) is 10.2 Å². The number of nitrogens with one attached hydrogen (secondary N) is 2. The molecule has 0 saturated carbocycles. The van der Waals surface area contributed by atoms with E-state index in [-0.39, 0.29) is 11.9 Å². The number of ether oxygens (including phenoxy) is 1. The number of nitrogens with zero attached hydrogens (tertiary/aromatic N) is 1. The maximum absolute atomic E-state index is 12.7. The Balaban J connectivity index is 2.03. The third kappa shape index (κ3) is 7.19. The van der Waals surface area contributed by atoms with Crippen molar-refractivity contribution < 1.29 is 14.3 Å². The number of carbonyl (C=O) groups excluding carboxylic acids is 2. The molecule has 2 N–H and O–H groups in total. The van der Waals surface area contributed by atoms with Gasteiger partial charge in [-0.2, -0.15) is 0 Å². The zero-order chi connectivity index (χ0) is 22.3. The van der Waals surface area contributed by atoms with Crippen molar-refractivity contribution in [2.75, 3.05) is 26.0 Å². The molecular formula is C24H33N3O3. The third-order valence-electron chi connectivity index (χ3n) is 4.62. The van der Waals surface area contributed by atoms with E-state index in [0.717, 1.165) is 12.0 Å². The number of aryl methyl sites for hydroxylation is 1. The highest BCUT2D eigenvalue weighted by atomic mass is 16.6. The molecule has 1 atom stereocenters. The highest BCUT2D eigenvalue weighted by molar-refractivity contribution is 5.96. The minimum Gasteiger partial charge on any atom is -0.444 e. The zero-order valence-corrected chi connectivity index (χ0v) is 18.8. The summed E-state index contributed by atoms with van der Waals surface area (Å²) < 4.78 is 5.26. The van der Waals surface area contributed by atoms with E-state index in [1.54, 1.807) is 45.0 Å². The quantitative estimate of drug-likeness (QED) is 0.697. The van der Waals surface area contributed by atoms with Crippen LogP contribution in [0.25, 0.3) is 0 Å². The highest BCUT2D eigenvalue weighted by Crippen LogP contribution is 2.19. The van der Waals surface area contributed by atoms with E-state index < -0.39 is 11.7 Å². The second kappa shape index (κ2) is 10.3. The van der Waals surface area contributed by atoms with Crippen LogP contribution >= 0.6 is 0 Å². The van der Waals surface area contributed by atoms with Gasteiger partial charge in [-0.25, -0.2) is 4.79 Å². The predicted molar refractivity (Wildman–Crippen MR) is 121 cm³/mol. The van der Waals surface area contributed by atoms with Crippen LogP contribution in [0, 0.1) is 0 Å². The maximum atomic E-state index is 12.7. The first-order valence-electron chi connectivity index (χ1n) is 10.2. The van der Waals surface area contributed by atoms with Gasteiger partial charge < -0.3 is 15.0 Å². The van der Waals surface area contributed by atoms with Crippen LogP contribution in [0.15, 0.2) is 48.5 Å². The summed E-state index contributed by atoms with van der Waals surface area (Å²) in [5, 5.41) is 5.67. The molecule has 0 fully saturated rings. The molecule has 0 aliphatic carbocycles. The van der Waals surface area contributed by atoms with Crippen molar-refractivity contribution >= 4 is 17.7 Å². The molecule has 0 saturated heterocycles. The first-order chi connectivity index (χ1) is 14.1. The van der Waals surface area contributed by atoms with Gasteiger partial charge in [-0.1, -0.05) is 37.3 Å². The fraction of sp³-hybridized carbons (Fsp3) is 0.417. The van der Waals surface area contributed by atoms with Gasteiger partial charge in [0, 0.05) is 17.8 Å². The minimum atomic E-state index is -0.588. The lowest BCUT2D eigenvalue weighted by Gasteiger charge is -2.25. The van der Waals surface area contributed by atoms with E-state index in [2.05, 4.69) is 46.7 Å². The van der Waals surface area contributed by atoms with Crippen molar-refractivity contribution in [1.29, 1.82) is 0 Å². The average Bonchev–Trinajstić information content (AvgIpc) is 2.67. The molecule has 6 nitrogen and oxygen atoms in total. The van der Waals surface area contributed by atoms with Gasteiger partial charge in [0.05, 0.1) is 6.04 Å². The Morgan fingerprint density at radius 1 is 1.07 bits per heavy atom. The Labute approximate surface area is 179 Å². The predicted octanol–water partition coefficient (Wildman–Crippen LogP) is 4.63. The molecule has 0 aliphatic heterocycles. The third-order valence-corrected chi connectivity index (χ3v) is 4.62. The number of amides is 2. The van der Waals surface area contributed by atoms with E-state index >= 15 is 0 Å². The van der Waals surface area contributed by atoms with Crippen molar-refractivity contribution in [3.05, 3.63) is 65.2 Å². The molecule has 0 heterocycles. The largest absolute Gasteiger partial charge is 0.444 e. The summed E-state index contributed by atoms with van der Waals surface area (Å²) in [7, 11) is 3.99. The molecule has 0 bridgehead atoms. The van der Waals surface area contributed by atoms with Gasteiger partial charge in [-0.15, -0.1) is 0 Å². The van der Waals surface area contributed by atoms with Crippen molar-refractivity contribution in [2.24, 2.45) is 0 Å². The Hall–Kier alpha value is -2.86. The average molecular weight is 412 g/mol. The van der Waals surface area contributed by atoms with E-state index in [1.807, 2.05) is 14.1 Å². The van der Waals surface area contributed by atoms with Crippen molar-refractivity contribution in [3.63, 3.8) is 0 Å². The summed E-state index contributed by atoms with van der Waals surface area (Å²) in [5.41, 5.74) is 2.83.